The third-order valence-corrected chi connectivity index (χ3v) is 6.22. The average Bonchev–Trinajstić information content (AvgIpc) is 2.45. The Kier molecular flexibility index (Phi) is 5.37. The quantitative estimate of drug-likeness (QED) is 0.414. The number of nitro benzene ring substituents is 1. The summed E-state index contributed by atoms with van der Waals surface area (Å²) in [4.78, 5) is 13.2. The van der Waals surface area contributed by atoms with Gasteiger partial charge in [-0.25, -0.2) is 13.4 Å². The Morgan fingerprint density at radius 2 is 1.48 bits per heavy atom. The molecule has 1 aromatic heterocycles. The molecule has 0 unspecified atom stereocenters. The van der Waals surface area contributed by atoms with Gasteiger partial charge in [-0.3, -0.25) is 10.1 Å². The van der Waals surface area contributed by atoms with Gasteiger partial charge in [-0.15, -0.1) is 0 Å². The van der Waals surface area contributed by atoms with E-state index in [4.69, 9.17) is 46.4 Å². The lowest BCUT2D eigenvalue weighted by atomic mass is 10.2. The number of pyridine rings is 1. The number of benzene rings is 1. The number of hydrogen-bond acceptors (Lipinski definition) is 5. The SMILES string of the molecule is O=[N+]([O-])c1ccc(CS(=O)(=O)c2c(Cl)c(Cl)nc(Cl)c2Cl)cc1. The molecule has 2 aromatic rings. The Bertz CT molecular complexity index is 859. The van der Waals surface area contributed by atoms with Gasteiger partial charge in [0, 0.05) is 12.1 Å². The third-order valence-electron chi connectivity index (χ3n) is 2.77. The zero-order valence-corrected chi connectivity index (χ0v) is 14.8. The molecule has 2 rings (SSSR count). The molecule has 0 bridgehead atoms. The predicted molar refractivity (Wildman–Crippen MR) is 88.3 cm³/mol. The highest BCUT2D eigenvalue weighted by Gasteiger charge is 2.27. The average molecular weight is 416 g/mol. The van der Waals surface area contributed by atoms with Crippen molar-refractivity contribution in [1.29, 1.82) is 0 Å². The fraction of sp³-hybridized carbons (Fsp3) is 0.0833. The summed E-state index contributed by atoms with van der Waals surface area (Å²) in [5.41, 5.74) is 0.156. The van der Waals surface area contributed by atoms with Crippen molar-refractivity contribution >= 4 is 61.9 Å². The summed E-state index contributed by atoms with van der Waals surface area (Å²) in [5, 5.41) is 9.36. The Morgan fingerprint density at radius 3 is 1.91 bits per heavy atom. The minimum Gasteiger partial charge on any atom is -0.258 e. The van der Waals surface area contributed by atoms with Crippen LogP contribution in [-0.2, 0) is 15.6 Å². The lowest BCUT2D eigenvalue weighted by molar-refractivity contribution is -0.384. The van der Waals surface area contributed by atoms with E-state index in [-0.39, 0.29) is 26.0 Å². The van der Waals surface area contributed by atoms with Crippen LogP contribution in [0.25, 0.3) is 0 Å². The molecule has 23 heavy (non-hydrogen) atoms. The molecule has 0 spiro atoms. The number of rotatable bonds is 4. The molecule has 11 heteroatoms. The first kappa shape index (κ1) is 18.2. The summed E-state index contributed by atoms with van der Waals surface area (Å²) >= 11 is 23.2. The summed E-state index contributed by atoms with van der Waals surface area (Å²) < 4.78 is 25.0. The fourth-order valence-electron chi connectivity index (χ4n) is 1.75. The number of nitro groups is 1. The zero-order valence-electron chi connectivity index (χ0n) is 11.0. The molecule has 1 heterocycles. The van der Waals surface area contributed by atoms with Crippen molar-refractivity contribution < 1.29 is 13.3 Å². The van der Waals surface area contributed by atoms with E-state index in [1.807, 2.05) is 0 Å². The second kappa shape index (κ2) is 6.78. The van der Waals surface area contributed by atoms with Gasteiger partial charge in [0.15, 0.2) is 20.1 Å². The lowest BCUT2D eigenvalue weighted by Gasteiger charge is -2.10. The second-order valence-corrected chi connectivity index (χ2v) is 7.73. The number of hydrogen-bond donors (Lipinski definition) is 0. The summed E-state index contributed by atoms with van der Waals surface area (Å²) in [6, 6.07) is 5.03. The standard InChI is InChI=1S/C12H6Cl4N2O4S/c13-8-10(9(14)12(16)17-11(8)15)23(21,22)5-6-1-3-7(4-2-6)18(19)20/h1-4H,5H2. The number of halogens is 4. The van der Waals surface area contributed by atoms with Crippen LogP contribution in [-0.4, -0.2) is 18.3 Å². The number of sulfone groups is 1. The van der Waals surface area contributed by atoms with Gasteiger partial charge in [0.05, 0.1) is 20.7 Å². The first-order valence-electron chi connectivity index (χ1n) is 5.79. The molecule has 0 fully saturated rings. The van der Waals surface area contributed by atoms with E-state index in [0.29, 0.717) is 5.56 Å². The normalized spacial score (nSPS) is 11.5. The topological polar surface area (TPSA) is 90.2 Å². The smallest absolute Gasteiger partial charge is 0.258 e. The van der Waals surface area contributed by atoms with Crippen LogP contribution in [0.5, 0.6) is 0 Å². The highest BCUT2D eigenvalue weighted by Crippen LogP contribution is 2.39. The van der Waals surface area contributed by atoms with E-state index in [1.54, 1.807) is 0 Å². The van der Waals surface area contributed by atoms with E-state index in [1.165, 1.54) is 24.3 Å². The molecular formula is C12H6Cl4N2O4S. The van der Waals surface area contributed by atoms with Gasteiger partial charge in [0.2, 0.25) is 0 Å². The van der Waals surface area contributed by atoms with Crippen molar-refractivity contribution in [1.82, 2.24) is 4.98 Å². The van der Waals surface area contributed by atoms with E-state index >= 15 is 0 Å². The molecular weight excluding hydrogens is 410 g/mol. The highest BCUT2D eigenvalue weighted by molar-refractivity contribution is 7.91. The van der Waals surface area contributed by atoms with Crippen molar-refractivity contribution in [2.75, 3.05) is 0 Å². The number of aromatic nitrogens is 1. The maximum absolute atomic E-state index is 12.5. The van der Waals surface area contributed by atoms with Crippen molar-refractivity contribution in [3.63, 3.8) is 0 Å². The molecule has 1 aromatic carbocycles. The van der Waals surface area contributed by atoms with Crippen LogP contribution in [0, 0.1) is 10.1 Å². The molecule has 122 valence electrons. The van der Waals surface area contributed by atoms with Crippen LogP contribution < -0.4 is 0 Å². The molecule has 0 N–H and O–H groups in total. The minimum atomic E-state index is -4.00. The summed E-state index contributed by atoms with van der Waals surface area (Å²) in [7, 11) is -4.00. The lowest BCUT2D eigenvalue weighted by Crippen LogP contribution is -2.08. The first-order chi connectivity index (χ1) is 10.6. The zero-order chi connectivity index (χ0) is 17.4. The van der Waals surface area contributed by atoms with Crippen LogP contribution in [0.1, 0.15) is 5.56 Å². The van der Waals surface area contributed by atoms with Crippen molar-refractivity contribution in [3.8, 4) is 0 Å². The van der Waals surface area contributed by atoms with Crippen molar-refractivity contribution in [2.45, 2.75) is 10.6 Å². The molecule has 0 aliphatic heterocycles. The van der Waals surface area contributed by atoms with Crippen molar-refractivity contribution in [3.05, 3.63) is 60.3 Å². The van der Waals surface area contributed by atoms with Crippen LogP contribution >= 0.6 is 46.4 Å². The van der Waals surface area contributed by atoms with E-state index in [0.717, 1.165) is 0 Å². The van der Waals surface area contributed by atoms with Gasteiger partial charge in [0.1, 0.15) is 4.90 Å². The molecule has 0 radical (unpaired) electrons. The Hall–Kier alpha value is -1.12. The highest BCUT2D eigenvalue weighted by atomic mass is 35.5. The maximum atomic E-state index is 12.5. The Morgan fingerprint density at radius 1 is 1.00 bits per heavy atom. The van der Waals surface area contributed by atoms with Gasteiger partial charge in [-0.05, 0) is 5.56 Å². The van der Waals surface area contributed by atoms with Gasteiger partial charge < -0.3 is 0 Å². The minimum absolute atomic E-state index is 0.155. The largest absolute Gasteiger partial charge is 0.269 e. The third kappa shape index (κ3) is 3.87. The van der Waals surface area contributed by atoms with Gasteiger partial charge in [-0.1, -0.05) is 58.5 Å². The van der Waals surface area contributed by atoms with Crippen LogP contribution in [0.4, 0.5) is 5.69 Å². The first-order valence-corrected chi connectivity index (χ1v) is 8.96. The van der Waals surface area contributed by atoms with Crippen LogP contribution in [0.2, 0.25) is 20.4 Å². The van der Waals surface area contributed by atoms with E-state index in [9.17, 15) is 18.5 Å². The molecule has 0 amide bonds. The predicted octanol–water partition coefficient (Wildman–Crippen LogP) is 4.58. The molecule has 6 nitrogen and oxygen atoms in total. The molecule has 0 saturated carbocycles. The van der Waals surface area contributed by atoms with Gasteiger partial charge in [-0.2, -0.15) is 0 Å². The van der Waals surface area contributed by atoms with Gasteiger partial charge >= 0.3 is 0 Å². The molecule has 0 aliphatic carbocycles. The number of non-ortho nitro benzene ring substituents is 1. The van der Waals surface area contributed by atoms with Crippen molar-refractivity contribution in [2.24, 2.45) is 0 Å². The summed E-state index contributed by atoms with van der Waals surface area (Å²) in [5.74, 6) is -0.485. The van der Waals surface area contributed by atoms with E-state index < -0.39 is 25.4 Å². The molecule has 0 aliphatic rings. The monoisotopic (exact) mass is 414 g/mol. The second-order valence-electron chi connectivity index (χ2n) is 4.33. The maximum Gasteiger partial charge on any atom is 0.269 e. The van der Waals surface area contributed by atoms with Gasteiger partial charge in [0.25, 0.3) is 5.69 Å². The Balaban J connectivity index is 2.46. The molecule has 0 saturated heterocycles. The van der Waals surface area contributed by atoms with E-state index in [2.05, 4.69) is 4.98 Å². The fourth-order valence-corrected chi connectivity index (χ4v) is 4.80. The Labute approximate surface area is 151 Å². The van der Waals surface area contributed by atoms with Crippen LogP contribution in [0.15, 0.2) is 29.2 Å². The summed E-state index contributed by atoms with van der Waals surface area (Å²) in [6.45, 7) is 0. The molecule has 0 atom stereocenters. The number of nitrogens with zero attached hydrogens (tertiary/aromatic N) is 2. The summed E-state index contributed by atoms with van der Waals surface area (Å²) in [6.07, 6.45) is 0. The van der Waals surface area contributed by atoms with Crippen LogP contribution in [0.3, 0.4) is 0 Å².